The van der Waals surface area contributed by atoms with Crippen molar-refractivity contribution in [2.45, 2.75) is 39.2 Å². The minimum absolute atomic E-state index is 0.106. The maximum Gasteiger partial charge on any atom is 0.315 e. The monoisotopic (exact) mass is 202 g/mol. The topological polar surface area (TPSA) is 50.4 Å². The highest BCUT2D eigenvalue weighted by Gasteiger charge is 2.04. The summed E-state index contributed by atoms with van der Waals surface area (Å²) in [4.78, 5) is 11.2. The summed E-state index contributed by atoms with van der Waals surface area (Å²) in [6.07, 6.45) is 3.35. The van der Waals surface area contributed by atoms with Crippen molar-refractivity contribution >= 4 is 6.03 Å². The fraction of sp³-hybridized carbons (Fsp3) is 0.900. The number of unbranched alkanes of at least 4 members (excludes halogenated alkanes) is 1. The van der Waals surface area contributed by atoms with Crippen LogP contribution in [0.5, 0.6) is 0 Å². The second-order valence-corrected chi connectivity index (χ2v) is 3.44. The van der Waals surface area contributed by atoms with Gasteiger partial charge in [-0.05, 0) is 13.3 Å². The summed E-state index contributed by atoms with van der Waals surface area (Å²) in [7, 11) is 1.61. The van der Waals surface area contributed by atoms with Crippen LogP contribution in [0.15, 0.2) is 0 Å². The molecule has 2 N–H and O–H groups in total. The van der Waals surface area contributed by atoms with Crippen molar-refractivity contribution in [1.82, 2.24) is 10.6 Å². The number of urea groups is 1. The second kappa shape index (κ2) is 8.81. The maximum atomic E-state index is 11.2. The molecule has 0 aromatic heterocycles. The molecule has 0 aliphatic carbocycles. The number of rotatable bonds is 7. The van der Waals surface area contributed by atoms with Gasteiger partial charge in [0.15, 0.2) is 0 Å². The third-order valence-corrected chi connectivity index (χ3v) is 1.96. The van der Waals surface area contributed by atoms with Crippen molar-refractivity contribution in [3.05, 3.63) is 0 Å². The summed E-state index contributed by atoms with van der Waals surface area (Å²) >= 11 is 0. The molecule has 0 aromatic carbocycles. The molecule has 0 radical (unpaired) electrons. The predicted octanol–water partition coefficient (Wildman–Crippen LogP) is 1.51. The quantitative estimate of drug-likeness (QED) is 0.615. The minimum Gasteiger partial charge on any atom is -0.383 e. The summed E-state index contributed by atoms with van der Waals surface area (Å²) in [6.45, 7) is 5.27. The first-order valence-corrected chi connectivity index (χ1v) is 5.24. The van der Waals surface area contributed by atoms with Gasteiger partial charge in [-0.1, -0.05) is 19.8 Å². The molecule has 0 saturated heterocycles. The Labute approximate surface area is 86.4 Å². The number of carbonyl (C=O) groups excluding carboxylic acids is 1. The van der Waals surface area contributed by atoms with E-state index in [1.165, 1.54) is 0 Å². The second-order valence-electron chi connectivity index (χ2n) is 3.44. The van der Waals surface area contributed by atoms with Crippen LogP contribution in [0.1, 0.15) is 33.1 Å². The van der Waals surface area contributed by atoms with E-state index in [9.17, 15) is 4.79 Å². The van der Waals surface area contributed by atoms with Crippen LogP contribution in [0.25, 0.3) is 0 Å². The fourth-order valence-electron chi connectivity index (χ4n) is 1.12. The Bertz CT molecular complexity index is 151. The summed E-state index contributed by atoms with van der Waals surface area (Å²) in [6, 6.07) is 0.142. The Morgan fingerprint density at radius 3 is 2.79 bits per heavy atom. The molecular formula is C10H22N2O2. The van der Waals surface area contributed by atoms with Crippen molar-refractivity contribution in [2.24, 2.45) is 0 Å². The summed E-state index contributed by atoms with van der Waals surface area (Å²) in [5.41, 5.74) is 0. The molecule has 4 nitrogen and oxygen atoms in total. The lowest BCUT2D eigenvalue weighted by Gasteiger charge is -2.13. The SMILES string of the molecule is CCCC[C@H](C)NC(=O)NCCOC. The summed E-state index contributed by atoms with van der Waals surface area (Å²) in [5.74, 6) is 0. The summed E-state index contributed by atoms with van der Waals surface area (Å²) in [5, 5.41) is 5.58. The Kier molecular flexibility index (Phi) is 8.33. The van der Waals surface area contributed by atoms with Crippen LogP contribution in [0.3, 0.4) is 0 Å². The van der Waals surface area contributed by atoms with Crippen LogP contribution < -0.4 is 10.6 Å². The van der Waals surface area contributed by atoms with E-state index in [1.807, 2.05) is 6.92 Å². The van der Waals surface area contributed by atoms with Crippen molar-refractivity contribution in [3.63, 3.8) is 0 Å². The van der Waals surface area contributed by atoms with Gasteiger partial charge in [0, 0.05) is 19.7 Å². The van der Waals surface area contributed by atoms with Crippen molar-refractivity contribution in [2.75, 3.05) is 20.3 Å². The van der Waals surface area contributed by atoms with Gasteiger partial charge in [0.1, 0.15) is 0 Å². The van der Waals surface area contributed by atoms with Crippen LogP contribution in [0.4, 0.5) is 4.79 Å². The van der Waals surface area contributed by atoms with E-state index in [1.54, 1.807) is 7.11 Å². The van der Waals surface area contributed by atoms with Crippen molar-refractivity contribution < 1.29 is 9.53 Å². The van der Waals surface area contributed by atoms with Gasteiger partial charge in [-0.3, -0.25) is 0 Å². The summed E-state index contributed by atoms with van der Waals surface area (Å²) < 4.78 is 4.82. The first-order valence-electron chi connectivity index (χ1n) is 5.24. The number of hydrogen-bond acceptors (Lipinski definition) is 2. The molecule has 1 atom stereocenters. The van der Waals surface area contributed by atoms with E-state index in [4.69, 9.17) is 4.74 Å². The fourth-order valence-corrected chi connectivity index (χ4v) is 1.12. The highest BCUT2D eigenvalue weighted by atomic mass is 16.5. The van der Waals surface area contributed by atoms with E-state index in [2.05, 4.69) is 17.6 Å². The largest absolute Gasteiger partial charge is 0.383 e. The van der Waals surface area contributed by atoms with E-state index >= 15 is 0 Å². The highest BCUT2D eigenvalue weighted by Crippen LogP contribution is 1.98. The minimum atomic E-state index is -0.106. The molecule has 0 fully saturated rings. The van der Waals surface area contributed by atoms with Gasteiger partial charge in [0.25, 0.3) is 0 Å². The number of carbonyl (C=O) groups is 1. The van der Waals surface area contributed by atoms with Crippen LogP contribution in [0, 0.1) is 0 Å². The van der Waals surface area contributed by atoms with Gasteiger partial charge in [-0.15, -0.1) is 0 Å². The molecule has 0 aliphatic rings. The lowest BCUT2D eigenvalue weighted by molar-refractivity contribution is 0.195. The lowest BCUT2D eigenvalue weighted by atomic mass is 10.1. The van der Waals surface area contributed by atoms with Crippen LogP contribution in [-0.2, 0) is 4.74 Å². The van der Waals surface area contributed by atoms with E-state index in [-0.39, 0.29) is 12.1 Å². The van der Waals surface area contributed by atoms with Crippen LogP contribution in [-0.4, -0.2) is 32.3 Å². The Balaban J connectivity index is 3.40. The predicted molar refractivity (Wildman–Crippen MR) is 57.4 cm³/mol. The van der Waals surface area contributed by atoms with Gasteiger partial charge >= 0.3 is 6.03 Å². The molecule has 0 rings (SSSR count). The number of ether oxygens (including phenoxy) is 1. The van der Waals surface area contributed by atoms with E-state index in [0.717, 1.165) is 19.3 Å². The zero-order chi connectivity index (χ0) is 10.8. The smallest absolute Gasteiger partial charge is 0.315 e. The van der Waals surface area contributed by atoms with Gasteiger partial charge in [0.05, 0.1) is 6.61 Å². The molecule has 4 heteroatoms. The molecule has 0 saturated carbocycles. The van der Waals surface area contributed by atoms with Gasteiger partial charge in [0.2, 0.25) is 0 Å². The Morgan fingerprint density at radius 2 is 2.21 bits per heavy atom. The Hall–Kier alpha value is -0.770. The average molecular weight is 202 g/mol. The normalized spacial score (nSPS) is 12.2. The molecule has 2 amide bonds. The molecule has 0 spiro atoms. The molecule has 0 heterocycles. The zero-order valence-electron chi connectivity index (χ0n) is 9.43. The molecule has 14 heavy (non-hydrogen) atoms. The lowest BCUT2D eigenvalue weighted by Crippen LogP contribution is -2.41. The number of amides is 2. The molecule has 0 bridgehead atoms. The van der Waals surface area contributed by atoms with Gasteiger partial charge < -0.3 is 15.4 Å². The zero-order valence-corrected chi connectivity index (χ0v) is 9.43. The van der Waals surface area contributed by atoms with Crippen molar-refractivity contribution in [1.29, 1.82) is 0 Å². The highest BCUT2D eigenvalue weighted by molar-refractivity contribution is 5.74. The maximum absolute atomic E-state index is 11.2. The average Bonchev–Trinajstić information content (AvgIpc) is 2.15. The number of nitrogens with one attached hydrogen (secondary N) is 2. The molecular weight excluding hydrogens is 180 g/mol. The Morgan fingerprint density at radius 1 is 1.50 bits per heavy atom. The van der Waals surface area contributed by atoms with Gasteiger partial charge in [-0.2, -0.15) is 0 Å². The first-order chi connectivity index (χ1) is 6.70. The third kappa shape index (κ3) is 7.86. The first kappa shape index (κ1) is 13.2. The van der Waals surface area contributed by atoms with Crippen molar-refractivity contribution in [3.8, 4) is 0 Å². The third-order valence-electron chi connectivity index (χ3n) is 1.96. The van der Waals surface area contributed by atoms with Crippen LogP contribution in [0.2, 0.25) is 0 Å². The van der Waals surface area contributed by atoms with Crippen LogP contribution >= 0.6 is 0 Å². The molecule has 84 valence electrons. The standard InChI is InChI=1S/C10H22N2O2/c1-4-5-6-9(2)12-10(13)11-7-8-14-3/h9H,4-8H2,1-3H3,(H2,11,12,13)/t9-/m0/s1. The molecule has 0 aliphatic heterocycles. The number of hydrogen-bond donors (Lipinski definition) is 2. The van der Waals surface area contributed by atoms with Gasteiger partial charge in [-0.25, -0.2) is 4.79 Å². The molecule has 0 unspecified atom stereocenters. The number of methoxy groups -OCH3 is 1. The molecule has 0 aromatic rings. The van der Waals surface area contributed by atoms with E-state index < -0.39 is 0 Å². The van der Waals surface area contributed by atoms with E-state index in [0.29, 0.717) is 13.2 Å².